The fourth-order valence-electron chi connectivity index (χ4n) is 2.15. The predicted molar refractivity (Wildman–Crippen MR) is 70.7 cm³/mol. The van der Waals surface area contributed by atoms with Gasteiger partial charge in [0, 0.05) is 0 Å². The van der Waals surface area contributed by atoms with Crippen molar-refractivity contribution < 1.29 is 64.4 Å². The Bertz CT molecular complexity index is 693. The summed E-state index contributed by atoms with van der Waals surface area (Å²) in [5, 5.41) is 1.84. The number of fused-ring (bicyclic) bond motifs is 1. The van der Waals surface area contributed by atoms with Crippen LogP contribution in [0.2, 0.25) is 0 Å². The standard InChI is InChI=1S/C14H16O3S.K/c1-3-10-7-11(4-2)14-6-5-13(18(15,16)17)9-12(14)8-10;/h5-9H,3-4H2,1-2H3,(H,15,16,17);/q;+1/p-1. The summed E-state index contributed by atoms with van der Waals surface area (Å²) in [6.45, 7) is 4.11. The van der Waals surface area contributed by atoms with Gasteiger partial charge in [0.1, 0.15) is 10.1 Å². The molecule has 0 spiro atoms. The van der Waals surface area contributed by atoms with E-state index in [-0.39, 0.29) is 56.3 Å². The molecule has 0 N–H and O–H groups in total. The molecule has 0 aliphatic rings. The van der Waals surface area contributed by atoms with Crippen LogP contribution in [0.25, 0.3) is 10.8 Å². The zero-order valence-corrected chi connectivity index (χ0v) is 15.4. The molecule has 19 heavy (non-hydrogen) atoms. The molecule has 0 radical (unpaired) electrons. The van der Waals surface area contributed by atoms with E-state index in [1.165, 1.54) is 17.7 Å². The fourth-order valence-corrected chi connectivity index (χ4v) is 2.65. The number of hydrogen-bond donors (Lipinski definition) is 0. The van der Waals surface area contributed by atoms with Crippen molar-refractivity contribution in [3.8, 4) is 0 Å². The van der Waals surface area contributed by atoms with Crippen molar-refractivity contribution in [1.82, 2.24) is 0 Å². The minimum absolute atomic E-state index is 0. The van der Waals surface area contributed by atoms with Crippen LogP contribution in [0.15, 0.2) is 35.2 Å². The van der Waals surface area contributed by atoms with E-state index in [2.05, 4.69) is 19.9 Å². The normalized spacial score (nSPS) is 11.3. The molecule has 0 aliphatic heterocycles. The van der Waals surface area contributed by atoms with Crippen molar-refractivity contribution in [3.63, 3.8) is 0 Å². The van der Waals surface area contributed by atoms with Crippen LogP contribution >= 0.6 is 0 Å². The van der Waals surface area contributed by atoms with Crippen LogP contribution < -0.4 is 51.4 Å². The monoisotopic (exact) mass is 302 g/mol. The van der Waals surface area contributed by atoms with Crippen LogP contribution in [0.4, 0.5) is 0 Å². The first kappa shape index (κ1) is 17.3. The molecule has 0 bridgehead atoms. The van der Waals surface area contributed by atoms with Gasteiger partial charge in [0.05, 0.1) is 4.90 Å². The molecule has 2 aromatic carbocycles. The molecule has 5 heteroatoms. The summed E-state index contributed by atoms with van der Waals surface area (Å²) in [5.41, 5.74) is 2.33. The molecule has 0 aromatic heterocycles. The molecule has 2 aromatic rings. The maximum absolute atomic E-state index is 11.0. The van der Waals surface area contributed by atoms with E-state index in [1.54, 1.807) is 6.07 Å². The van der Waals surface area contributed by atoms with E-state index in [4.69, 9.17) is 0 Å². The van der Waals surface area contributed by atoms with Crippen LogP contribution in [-0.4, -0.2) is 13.0 Å². The van der Waals surface area contributed by atoms with Gasteiger partial charge in [-0.2, -0.15) is 0 Å². The van der Waals surface area contributed by atoms with E-state index in [0.29, 0.717) is 0 Å². The van der Waals surface area contributed by atoms with Gasteiger partial charge in [0.15, 0.2) is 0 Å². The summed E-state index contributed by atoms with van der Waals surface area (Å²) < 4.78 is 33.1. The molecule has 3 nitrogen and oxygen atoms in total. The first-order valence-electron chi connectivity index (χ1n) is 5.97. The van der Waals surface area contributed by atoms with Crippen molar-refractivity contribution in [2.24, 2.45) is 0 Å². The van der Waals surface area contributed by atoms with Gasteiger partial charge in [0.25, 0.3) is 0 Å². The maximum atomic E-state index is 11.0. The minimum Gasteiger partial charge on any atom is -0.744 e. The van der Waals surface area contributed by atoms with Crippen LogP contribution in [0.5, 0.6) is 0 Å². The largest absolute Gasteiger partial charge is 1.00 e. The Kier molecular flexibility index (Phi) is 6.19. The maximum Gasteiger partial charge on any atom is 1.00 e. The van der Waals surface area contributed by atoms with Crippen molar-refractivity contribution in [2.45, 2.75) is 31.6 Å². The molecule has 96 valence electrons. The summed E-state index contributed by atoms with van der Waals surface area (Å²) in [4.78, 5) is -0.162. The summed E-state index contributed by atoms with van der Waals surface area (Å²) in [5.74, 6) is 0. The number of hydrogen-bond acceptors (Lipinski definition) is 3. The molecule has 2 rings (SSSR count). The van der Waals surface area contributed by atoms with Crippen molar-refractivity contribution in [3.05, 3.63) is 41.5 Å². The van der Waals surface area contributed by atoms with Crippen LogP contribution in [0.3, 0.4) is 0 Å². The van der Waals surface area contributed by atoms with Gasteiger partial charge in [-0.25, -0.2) is 8.42 Å². The van der Waals surface area contributed by atoms with Gasteiger partial charge in [-0.15, -0.1) is 0 Å². The zero-order valence-electron chi connectivity index (χ0n) is 11.4. The Labute approximate surface area is 156 Å². The third-order valence-corrected chi connectivity index (χ3v) is 3.98. The third-order valence-electron chi connectivity index (χ3n) is 3.15. The first-order valence-corrected chi connectivity index (χ1v) is 7.38. The van der Waals surface area contributed by atoms with E-state index < -0.39 is 10.1 Å². The molecule has 0 amide bonds. The Morgan fingerprint density at radius 1 is 1.05 bits per heavy atom. The van der Waals surface area contributed by atoms with Crippen LogP contribution in [0.1, 0.15) is 25.0 Å². The molecule has 0 saturated heterocycles. The van der Waals surface area contributed by atoms with Crippen molar-refractivity contribution >= 4 is 20.9 Å². The Morgan fingerprint density at radius 2 is 1.74 bits per heavy atom. The van der Waals surface area contributed by atoms with Gasteiger partial charge >= 0.3 is 51.4 Å². The SMILES string of the molecule is CCc1cc(CC)c2ccc(S(=O)(=O)[O-])cc2c1.[K+]. The average molecular weight is 302 g/mol. The Hall–Kier alpha value is 0.246. The summed E-state index contributed by atoms with van der Waals surface area (Å²) in [7, 11) is -4.38. The van der Waals surface area contributed by atoms with Gasteiger partial charge in [-0.3, -0.25) is 0 Å². The molecule has 0 fully saturated rings. The van der Waals surface area contributed by atoms with Crippen LogP contribution in [-0.2, 0) is 23.0 Å². The fraction of sp³-hybridized carbons (Fsp3) is 0.286. The number of benzene rings is 2. The topological polar surface area (TPSA) is 57.2 Å². The molecule has 0 atom stereocenters. The second kappa shape index (κ2) is 6.80. The number of aryl methyl sites for hydroxylation is 2. The van der Waals surface area contributed by atoms with Crippen molar-refractivity contribution in [2.75, 3.05) is 0 Å². The average Bonchev–Trinajstić information content (AvgIpc) is 2.35. The van der Waals surface area contributed by atoms with Gasteiger partial charge in [-0.05, 0) is 46.9 Å². The second-order valence-electron chi connectivity index (χ2n) is 4.30. The summed E-state index contributed by atoms with van der Waals surface area (Å²) in [6, 6.07) is 8.65. The van der Waals surface area contributed by atoms with E-state index in [1.807, 2.05) is 6.07 Å². The first-order chi connectivity index (χ1) is 8.45. The Morgan fingerprint density at radius 3 is 2.26 bits per heavy atom. The van der Waals surface area contributed by atoms with E-state index in [0.717, 1.165) is 29.2 Å². The molecule has 0 unspecified atom stereocenters. The molecule has 0 saturated carbocycles. The number of rotatable bonds is 3. The van der Waals surface area contributed by atoms with Crippen molar-refractivity contribution in [1.29, 1.82) is 0 Å². The predicted octanol–water partition coefficient (Wildman–Crippen LogP) is -0.127. The second-order valence-corrected chi connectivity index (χ2v) is 5.68. The molecular weight excluding hydrogens is 287 g/mol. The molecule has 0 aliphatic carbocycles. The third kappa shape index (κ3) is 3.88. The van der Waals surface area contributed by atoms with Gasteiger partial charge in [0.2, 0.25) is 0 Å². The smallest absolute Gasteiger partial charge is 0.744 e. The summed E-state index contributed by atoms with van der Waals surface area (Å²) >= 11 is 0. The van der Waals surface area contributed by atoms with E-state index in [9.17, 15) is 13.0 Å². The minimum atomic E-state index is -4.38. The van der Waals surface area contributed by atoms with Crippen LogP contribution in [0, 0.1) is 0 Å². The summed E-state index contributed by atoms with van der Waals surface area (Å²) in [6.07, 6.45) is 1.77. The quantitative estimate of drug-likeness (QED) is 0.586. The van der Waals surface area contributed by atoms with Gasteiger partial charge < -0.3 is 4.55 Å². The Balaban J connectivity index is 0.00000180. The van der Waals surface area contributed by atoms with Gasteiger partial charge in [-0.1, -0.05) is 32.0 Å². The molecule has 0 heterocycles. The van der Waals surface area contributed by atoms with E-state index >= 15 is 0 Å². The molecular formula is C14H15KO3S. The zero-order chi connectivity index (χ0) is 13.3.